The first-order valence-corrected chi connectivity index (χ1v) is 6.52. The summed E-state index contributed by atoms with van der Waals surface area (Å²) in [7, 11) is 1.59. The number of hydrogen-bond acceptors (Lipinski definition) is 5. The fraction of sp³-hybridized carbons (Fsp3) is 0.0625. The molecule has 0 spiro atoms. The summed E-state index contributed by atoms with van der Waals surface area (Å²) in [5.41, 5.74) is 2.42. The van der Waals surface area contributed by atoms with Crippen molar-refractivity contribution in [2.75, 3.05) is 12.4 Å². The van der Waals surface area contributed by atoms with Gasteiger partial charge in [0.1, 0.15) is 0 Å². The Balaban J connectivity index is 1.89. The minimum absolute atomic E-state index is 0.531. The quantitative estimate of drug-likeness (QED) is 0.793. The molecular weight excluding hydrogens is 264 g/mol. The number of ether oxygens (including phenoxy) is 1. The Hall–Kier alpha value is -2.95. The Morgan fingerprint density at radius 3 is 2.48 bits per heavy atom. The number of aromatic nitrogens is 3. The van der Waals surface area contributed by atoms with E-state index in [9.17, 15) is 0 Å². The maximum atomic E-state index is 5.13. The highest BCUT2D eigenvalue weighted by Crippen LogP contribution is 2.19. The number of nitrogens with one attached hydrogen (secondary N) is 1. The van der Waals surface area contributed by atoms with Crippen molar-refractivity contribution in [2.24, 2.45) is 0 Å². The average molecular weight is 278 g/mol. The number of rotatable bonds is 4. The van der Waals surface area contributed by atoms with Gasteiger partial charge >= 0.3 is 0 Å². The summed E-state index contributed by atoms with van der Waals surface area (Å²) < 4.78 is 5.13. The minimum atomic E-state index is 0.531. The Kier molecular flexibility index (Phi) is 3.73. The highest BCUT2D eigenvalue weighted by atomic mass is 16.5. The third-order valence-corrected chi connectivity index (χ3v) is 2.88. The third-order valence-electron chi connectivity index (χ3n) is 2.88. The molecule has 0 bridgehead atoms. The highest BCUT2D eigenvalue weighted by Gasteiger charge is 2.05. The first-order valence-electron chi connectivity index (χ1n) is 6.52. The van der Waals surface area contributed by atoms with Crippen molar-refractivity contribution in [3.8, 4) is 17.3 Å². The summed E-state index contributed by atoms with van der Waals surface area (Å²) in [6.07, 6.45) is 1.70. The zero-order valence-electron chi connectivity index (χ0n) is 11.5. The largest absolute Gasteiger partial charge is 0.481 e. The van der Waals surface area contributed by atoms with Crippen molar-refractivity contribution in [1.82, 2.24) is 15.0 Å². The second-order valence-corrected chi connectivity index (χ2v) is 4.32. The van der Waals surface area contributed by atoms with E-state index in [4.69, 9.17) is 4.74 Å². The molecular formula is C16H14N4O. The molecule has 21 heavy (non-hydrogen) atoms. The molecule has 0 fully saturated rings. The van der Waals surface area contributed by atoms with Crippen LogP contribution in [0.15, 0.2) is 60.8 Å². The molecule has 0 radical (unpaired) electrons. The average Bonchev–Trinajstić information content (AvgIpc) is 2.56. The van der Waals surface area contributed by atoms with Crippen molar-refractivity contribution in [1.29, 1.82) is 0 Å². The standard InChI is InChI=1S/C16H14N4O/c1-21-15-9-5-8-13(19-15)14-10-11-17-16(20-14)18-12-6-3-2-4-7-12/h2-11H,1H3,(H,17,18,20). The van der Waals surface area contributed by atoms with Gasteiger partial charge in [-0.15, -0.1) is 0 Å². The van der Waals surface area contributed by atoms with Crippen LogP contribution in [0, 0.1) is 0 Å². The molecule has 1 aromatic carbocycles. The van der Waals surface area contributed by atoms with Crippen LogP contribution in [0.5, 0.6) is 5.88 Å². The number of hydrogen-bond donors (Lipinski definition) is 1. The van der Waals surface area contributed by atoms with E-state index in [1.807, 2.05) is 48.5 Å². The molecule has 104 valence electrons. The monoisotopic (exact) mass is 278 g/mol. The van der Waals surface area contributed by atoms with Crippen molar-refractivity contribution in [2.45, 2.75) is 0 Å². The summed E-state index contributed by atoms with van der Waals surface area (Å²) in [6, 6.07) is 17.2. The maximum absolute atomic E-state index is 5.13. The van der Waals surface area contributed by atoms with E-state index in [0.29, 0.717) is 11.8 Å². The van der Waals surface area contributed by atoms with Crippen LogP contribution >= 0.6 is 0 Å². The molecule has 0 saturated carbocycles. The lowest BCUT2D eigenvalue weighted by Gasteiger charge is -2.06. The van der Waals surface area contributed by atoms with E-state index in [0.717, 1.165) is 17.1 Å². The lowest BCUT2D eigenvalue weighted by atomic mass is 10.2. The third kappa shape index (κ3) is 3.14. The number of methoxy groups -OCH3 is 1. The molecule has 0 atom stereocenters. The van der Waals surface area contributed by atoms with Gasteiger partial charge in [0.25, 0.3) is 0 Å². The van der Waals surface area contributed by atoms with E-state index in [1.165, 1.54) is 0 Å². The predicted molar refractivity (Wildman–Crippen MR) is 81.5 cm³/mol. The minimum Gasteiger partial charge on any atom is -0.481 e. The Bertz CT molecular complexity index is 731. The zero-order valence-corrected chi connectivity index (χ0v) is 11.5. The van der Waals surface area contributed by atoms with E-state index in [2.05, 4.69) is 20.3 Å². The molecule has 0 unspecified atom stereocenters. The summed E-state index contributed by atoms with van der Waals surface area (Å²) >= 11 is 0. The fourth-order valence-corrected chi connectivity index (χ4v) is 1.88. The van der Waals surface area contributed by atoms with Gasteiger partial charge in [-0.1, -0.05) is 24.3 Å². The summed E-state index contributed by atoms with van der Waals surface area (Å²) in [4.78, 5) is 13.1. The van der Waals surface area contributed by atoms with Crippen LogP contribution in [0.3, 0.4) is 0 Å². The van der Waals surface area contributed by atoms with Crippen LogP contribution in [0.1, 0.15) is 0 Å². The van der Waals surface area contributed by atoms with Gasteiger partial charge in [0.2, 0.25) is 11.8 Å². The summed E-state index contributed by atoms with van der Waals surface area (Å²) in [5, 5.41) is 3.16. The zero-order chi connectivity index (χ0) is 14.5. The van der Waals surface area contributed by atoms with Crippen molar-refractivity contribution >= 4 is 11.6 Å². The first-order chi connectivity index (χ1) is 10.3. The molecule has 3 aromatic rings. The summed E-state index contributed by atoms with van der Waals surface area (Å²) in [6.45, 7) is 0. The number of benzene rings is 1. The van der Waals surface area contributed by atoms with Crippen LogP contribution in [-0.4, -0.2) is 22.1 Å². The Morgan fingerprint density at radius 2 is 1.67 bits per heavy atom. The first kappa shape index (κ1) is 13.1. The van der Waals surface area contributed by atoms with E-state index in [-0.39, 0.29) is 0 Å². The second-order valence-electron chi connectivity index (χ2n) is 4.32. The van der Waals surface area contributed by atoms with Crippen LogP contribution in [0.25, 0.3) is 11.4 Å². The SMILES string of the molecule is COc1cccc(-c2ccnc(Nc3ccccc3)n2)n1. The Morgan fingerprint density at radius 1 is 0.857 bits per heavy atom. The smallest absolute Gasteiger partial charge is 0.227 e. The highest BCUT2D eigenvalue weighted by molar-refractivity contribution is 5.59. The Labute approximate surface area is 122 Å². The van der Waals surface area contributed by atoms with Gasteiger partial charge in [0.05, 0.1) is 18.5 Å². The lowest BCUT2D eigenvalue weighted by molar-refractivity contribution is 0.398. The molecule has 2 heterocycles. The predicted octanol–water partition coefficient (Wildman–Crippen LogP) is 3.29. The summed E-state index contributed by atoms with van der Waals surface area (Å²) in [5.74, 6) is 1.09. The fourth-order valence-electron chi connectivity index (χ4n) is 1.88. The van der Waals surface area contributed by atoms with E-state index < -0.39 is 0 Å². The number of para-hydroxylation sites is 1. The van der Waals surface area contributed by atoms with E-state index >= 15 is 0 Å². The van der Waals surface area contributed by atoms with Gasteiger partial charge < -0.3 is 10.1 Å². The molecule has 3 rings (SSSR count). The van der Waals surface area contributed by atoms with Crippen molar-refractivity contribution < 1.29 is 4.74 Å². The number of pyridine rings is 1. The second kappa shape index (κ2) is 6.00. The van der Waals surface area contributed by atoms with Gasteiger partial charge in [-0.25, -0.2) is 15.0 Å². The number of nitrogens with zero attached hydrogens (tertiary/aromatic N) is 3. The molecule has 0 aliphatic carbocycles. The van der Waals surface area contributed by atoms with Crippen molar-refractivity contribution in [3.05, 3.63) is 60.8 Å². The molecule has 1 N–H and O–H groups in total. The van der Waals surface area contributed by atoms with Gasteiger partial charge in [0.15, 0.2) is 0 Å². The lowest BCUT2D eigenvalue weighted by Crippen LogP contribution is -1.98. The van der Waals surface area contributed by atoms with Crippen LogP contribution in [0.4, 0.5) is 11.6 Å². The molecule has 0 aliphatic rings. The van der Waals surface area contributed by atoms with Gasteiger partial charge in [-0.3, -0.25) is 0 Å². The van der Waals surface area contributed by atoms with Gasteiger partial charge in [-0.05, 0) is 24.3 Å². The van der Waals surface area contributed by atoms with E-state index in [1.54, 1.807) is 19.4 Å². The molecule has 0 aliphatic heterocycles. The molecule has 5 nitrogen and oxygen atoms in total. The molecule has 0 saturated heterocycles. The normalized spacial score (nSPS) is 10.1. The molecule has 2 aromatic heterocycles. The van der Waals surface area contributed by atoms with Gasteiger partial charge in [0, 0.05) is 18.0 Å². The van der Waals surface area contributed by atoms with Crippen LogP contribution < -0.4 is 10.1 Å². The molecule has 0 amide bonds. The van der Waals surface area contributed by atoms with Crippen LogP contribution in [0.2, 0.25) is 0 Å². The van der Waals surface area contributed by atoms with Crippen LogP contribution in [-0.2, 0) is 0 Å². The maximum Gasteiger partial charge on any atom is 0.227 e. The van der Waals surface area contributed by atoms with Gasteiger partial charge in [-0.2, -0.15) is 0 Å². The van der Waals surface area contributed by atoms with Crippen molar-refractivity contribution in [3.63, 3.8) is 0 Å². The number of anilines is 2. The molecule has 5 heteroatoms. The topological polar surface area (TPSA) is 59.9 Å².